The summed E-state index contributed by atoms with van der Waals surface area (Å²) >= 11 is 23.7. The molecule has 3 rings (SSSR count). The minimum absolute atomic E-state index is 0.119. The molecule has 0 N–H and O–H groups in total. The Hall–Kier alpha value is -2.64. The summed E-state index contributed by atoms with van der Waals surface area (Å²) in [6, 6.07) is 16.8. The van der Waals surface area contributed by atoms with Crippen LogP contribution in [0.25, 0.3) is 0 Å². The van der Waals surface area contributed by atoms with Crippen LogP contribution in [0.15, 0.2) is 76.5 Å². The van der Waals surface area contributed by atoms with Crippen LogP contribution in [-0.2, 0) is 4.84 Å². The highest BCUT2D eigenvalue weighted by Crippen LogP contribution is 2.37. The molecule has 0 spiro atoms. The number of hydrogen-bond acceptors (Lipinski definition) is 6. The number of benzene rings is 2. The molecule has 0 amide bonds. The van der Waals surface area contributed by atoms with E-state index in [1.807, 2.05) is 36.4 Å². The van der Waals surface area contributed by atoms with Crippen LogP contribution in [0, 0.1) is 0 Å². The number of ether oxygens (including phenoxy) is 3. The highest BCUT2D eigenvalue weighted by atomic mass is 35.5. The standard InChI is InChI=1S/C28H28Cl4N2O4/c1-2-3-15-38-34-27(20-8-5-4-6-9-20)21-10-11-26(33-19-21)36-13-7-14-37-28-23(29)17-22(18-24(28)30)35-16-12-25(31)32/h4-6,8-12,17-19H,2-3,7,13-16H2,1H3. The minimum atomic E-state index is 0.119. The average molecular weight is 598 g/mol. The molecular formula is C28H28Cl4N2O4. The number of nitrogens with zero attached hydrogens (tertiary/aromatic N) is 2. The van der Waals surface area contributed by atoms with Gasteiger partial charge in [0.2, 0.25) is 5.88 Å². The summed E-state index contributed by atoms with van der Waals surface area (Å²) in [5.74, 6) is 1.35. The second-order valence-electron chi connectivity index (χ2n) is 7.95. The van der Waals surface area contributed by atoms with Crippen LogP contribution >= 0.6 is 46.4 Å². The lowest BCUT2D eigenvalue weighted by Gasteiger charge is -2.12. The first-order valence-electron chi connectivity index (χ1n) is 12.1. The number of rotatable bonds is 15. The fourth-order valence-corrected chi connectivity index (χ4v) is 3.86. The molecule has 202 valence electrons. The summed E-state index contributed by atoms with van der Waals surface area (Å²) in [7, 11) is 0. The first-order valence-corrected chi connectivity index (χ1v) is 13.6. The van der Waals surface area contributed by atoms with Gasteiger partial charge in [-0.05, 0) is 18.6 Å². The van der Waals surface area contributed by atoms with Crippen molar-refractivity contribution >= 4 is 52.1 Å². The minimum Gasteiger partial charge on any atom is -0.490 e. The Balaban J connectivity index is 1.50. The second-order valence-corrected chi connectivity index (χ2v) is 9.77. The highest BCUT2D eigenvalue weighted by Gasteiger charge is 2.12. The van der Waals surface area contributed by atoms with E-state index in [1.165, 1.54) is 6.08 Å². The van der Waals surface area contributed by atoms with Crippen LogP contribution in [0.4, 0.5) is 0 Å². The van der Waals surface area contributed by atoms with Gasteiger partial charge in [-0.2, -0.15) is 0 Å². The van der Waals surface area contributed by atoms with E-state index in [-0.39, 0.29) is 11.1 Å². The normalized spacial score (nSPS) is 11.1. The summed E-state index contributed by atoms with van der Waals surface area (Å²) in [5, 5.41) is 5.03. The molecule has 0 bridgehead atoms. The van der Waals surface area contributed by atoms with Gasteiger partial charge in [0, 0.05) is 41.9 Å². The van der Waals surface area contributed by atoms with Crippen molar-refractivity contribution in [3.05, 3.63) is 92.5 Å². The quantitative estimate of drug-likeness (QED) is 0.0998. The molecule has 0 aliphatic heterocycles. The van der Waals surface area contributed by atoms with E-state index >= 15 is 0 Å². The Bertz CT molecular complexity index is 1180. The SMILES string of the molecule is CCCCON=C(c1ccccc1)c1ccc(OCCCOc2c(Cl)cc(OCC=C(Cl)Cl)cc2Cl)nc1. The van der Waals surface area contributed by atoms with E-state index in [1.54, 1.807) is 24.4 Å². The molecule has 1 aromatic heterocycles. The zero-order chi connectivity index (χ0) is 27.2. The smallest absolute Gasteiger partial charge is 0.213 e. The van der Waals surface area contributed by atoms with Crippen LogP contribution < -0.4 is 14.2 Å². The Kier molecular flexibility index (Phi) is 12.9. The van der Waals surface area contributed by atoms with Gasteiger partial charge in [0.1, 0.15) is 29.2 Å². The maximum atomic E-state index is 6.30. The third-order valence-corrected chi connectivity index (χ3v) is 5.92. The largest absolute Gasteiger partial charge is 0.490 e. The number of oxime groups is 1. The molecular weight excluding hydrogens is 570 g/mol. The number of halogens is 4. The van der Waals surface area contributed by atoms with Crippen molar-refractivity contribution in [3.8, 4) is 17.4 Å². The Morgan fingerprint density at radius 3 is 2.26 bits per heavy atom. The molecule has 0 aliphatic rings. The summed E-state index contributed by atoms with van der Waals surface area (Å²) in [6.45, 7) is 3.61. The van der Waals surface area contributed by atoms with Gasteiger partial charge in [-0.3, -0.25) is 0 Å². The fraction of sp³-hybridized carbons (Fsp3) is 0.286. The van der Waals surface area contributed by atoms with Gasteiger partial charge in [0.05, 0.1) is 23.3 Å². The summed E-state index contributed by atoms with van der Waals surface area (Å²) in [4.78, 5) is 9.95. The van der Waals surface area contributed by atoms with Crippen molar-refractivity contribution in [2.75, 3.05) is 26.4 Å². The molecule has 0 radical (unpaired) electrons. The van der Waals surface area contributed by atoms with E-state index < -0.39 is 0 Å². The molecule has 10 heteroatoms. The molecule has 38 heavy (non-hydrogen) atoms. The first kappa shape index (κ1) is 29.9. The van der Waals surface area contributed by atoms with Crippen molar-refractivity contribution in [1.82, 2.24) is 4.98 Å². The number of pyridine rings is 1. The van der Waals surface area contributed by atoms with E-state index in [0.29, 0.717) is 53.7 Å². The van der Waals surface area contributed by atoms with Crippen LogP contribution in [-0.4, -0.2) is 37.1 Å². The second kappa shape index (κ2) is 16.4. The van der Waals surface area contributed by atoms with Crippen molar-refractivity contribution in [3.63, 3.8) is 0 Å². The van der Waals surface area contributed by atoms with Gasteiger partial charge in [-0.25, -0.2) is 4.98 Å². The number of aromatic nitrogens is 1. The molecule has 6 nitrogen and oxygen atoms in total. The van der Waals surface area contributed by atoms with Gasteiger partial charge in [0.25, 0.3) is 0 Å². The number of unbranched alkanes of at least 4 members (excludes halogenated alkanes) is 1. The molecule has 0 atom stereocenters. The van der Waals surface area contributed by atoms with Crippen molar-refractivity contribution in [1.29, 1.82) is 0 Å². The van der Waals surface area contributed by atoms with Crippen molar-refractivity contribution in [2.24, 2.45) is 5.16 Å². The zero-order valence-corrected chi connectivity index (χ0v) is 23.9. The molecule has 0 aliphatic carbocycles. The lowest BCUT2D eigenvalue weighted by molar-refractivity contribution is 0.141. The lowest BCUT2D eigenvalue weighted by atomic mass is 10.0. The Labute approximate surface area is 243 Å². The van der Waals surface area contributed by atoms with Crippen LogP contribution in [0.3, 0.4) is 0 Å². The van der Waals surface area contributed by atoms with Crippen molar-refractivity contribution in [2.45, 2.75) is 26.2 Å². The van der Waals surface area contributed by atoms with Gasteiger partial charge in [-0.15, -0.1) is 0 Å². The van der Waals surface area contributed by atoms with Crippen LogP contribution in [0.1, 0.15) is 37.3 Å². The van der Waals surface area contributed by atoms with Crippen LogP contribution in [0.5, 0.6) is 17.4 Å². The highest BCUT2D eigenvalue weighted by molar-refractivity contribution is 6.55. The van der Waals surface area contributed by atoms with E-state index in [0.717, 1.165) is 29.7 Å². The molecule has 3 aromatic rings. The van der Waals surface area contributed by atoms with Gasteiger partial charge in [-0.1, -0.05) is 95.2 Å². The summed E-state index contributed by atoms with van der Waals surface area (Å²) < 4.78 is 17.1. The van der Waals surface area contributed by atoms with E-state index in [9.17, 15) is 0 Å². The lowest BCUT2D eigenvalue weighted by Crippen LogP contribution is -2.08. The molecule has 0 unspecified atom stereocenters. The van der Waals surface area contributed by atoms with Crippen LogP contribution in [0.2, 0.25) is 10.0 Å². The number of hydrogen-bond donors (Lipinski definition) is 0. The monoisotopic (exact) mass is 596 g/mol. The Morgan fingerprint density at radius 1 is 0.868 bits per heavy atom. The average Bonchev–Trinajstić information content (AvgIpc) is 2.91. The molecule has 0 fully saturated rings. The predicted octanol–water partition coefficient (Wildman–Crippen LogP) is 8.50. The molecule has 0 saturated carbocycles. The summed E-state index contributed by atoms with van der Waals surface area (Å²) in [6.07, 6.45) is 5.81. The zero-order valence-electron chi connectivity index (χ0n) is 20.8. The maximum absolute atomic E-state index is 6.30. The van der Waals surface area contributed by atoms with Gasteiger partial charge >= 0.3 is 0 Å². The van der Waals surface area contributed by atoms with Gasteiger partial charge in [0.15, 0.2) is 5.75 Å². The third-order valence-electron chi connectivity index (χ3n) is 5.05. The first-order chi connectivity index (χ1) is 18.5. The fourth-order valence-electron chi connectivity index (χ4n) is 3.16. The van der Waals surface area contributed by atoms with Gasteiger partial charge < -0.3 is 19.0 Å². The Morgan fingerprint density at radius 2 is 1.61 bits per heavy atom. The predicted molar refractivity (Wildman–Crippen MR) is 155 cm³/mol. The van der Waals surface area contributed by atoms with Crippen molar-refractivity contribution < 1.29 is 19.0 Å². The molecule has 2 aromatic carbocycles. The third kappa shape index (κ3) is 9.91. The van der Waals surface area contributed by atoms with E-state index in [4.69, 9.17) is 65.5 Å². The maximum Gasteiger partial charge on any atom is 0.213 e. The topological polar surface area (TPSA) is 62.2 Å². The molecule has 1 heterocycles. The van der Waals surface area contributed by atoms with E-state index in [2.05, 4.69) is 17.1 Å². The molecule has 0 saturated heterocycles. The summed E-state index contributed by atoms with van der Waals surface area (Å²) in [5.41, 5.74) is 2.51.